The van der Waals surface area contributed by atoms with E-state index in [-0.39, 0.29) is 0 Å². The van der Waals surface area contributed by atoms with Crippen LogP contribution in [0.15, 0.2) is 15.7 Å². The van der Waals surface area contributed by atoms with E-state index in [9.17, 15) is 9.59 Å². The van der Waals surface area contributed by atoms with Crippen LogP contribution in [0.3, 0.4) is 0 Å². The summed E-state index contributed by atoms with van der Waals surface area (Å²) in [5.41, 5.74) is 1.60. The molecule has 3 heterocycles. The van der Waals surface area contributed by atoms with Crippen molar-refractivity contribution in [3.63, 3.8) is 0 Å². The number of aromatic nitrogens is 6. The zero-order valence-electron chi connectivity index (χ0n) is 12.3. The van der Waals surface area contributed by atoms with Crippen molar-refractivity contribution in [1.82, 2.24) is 28.9 Å². The van der Waals surface area contributed by atoms with Gasteiger partial charge in [-0.15, -0.1) is 0 Å². The summed E-state index contributed by atoms with van der Waals surface area (Å²) in [6.45, 7) is 6.28. The molecule has 0 saturated heterocycles. The maximum atomic E-state index is 12.1. The molecule has 1 N–H and O–H groups in total. The maximum Gasteiger partial charge on any atom is 0.329 e. The summed E-state index contributed by atoms with van der Waals surface area (Å²) < 4.78 is 4.77. The van der Waals surface area contributed by atoms with Crippen LogP contribution in [0.25, 0.3) is 17.1 Å². The highest BCUT2D eigenvalue weighted by atomic mass is 16.2. The summed E-state index contributed by atoms with van der Waals surface area (Å²) in [7, 11) is 1.58. The molecule has 110 valence electrons. The van der Waals surface area contributed by atoms with Crippen molar-refractivity contribution in [3.05, 3.63) is 38.3 Å². The van der Waals surface area contributed by atoms with Gasteiger partial charge in [-0.05, 0) is 26.8 Å². The van der Waals surface area contributed by atoms with E-state index in [1.165, 1.54) is 4.57 Å². The van der Waals surface area contributed by atoms with Gasteiger partial charge in [0, 0.05) is 19.3 Å². The molecular weight excluding hydrogens is 272 g/mol. The number of aryl methyl sites for hydroxylation is 4. The van der Waals surface area contributed by atoms with Gasteiger partial charge < -0.3 is 4.57 Å². The third kappa shape index (κ3) is 1.83. The molecule has 0 unspecified atom stereocenters. The Morgan fingerprint density at radius 2 is 2.00 bits per heavy atom. The second kappa shape index (κ2) is 4.44. The molecule has 0 aromatic carbocycles. The molecule has 8 heteroatoms. The minimum absolute atomic E-state index is 0.355. The average molecular weight is 288 g/mol. The normalized spacial score (nSPS) is 11.4. The number of hydrogen-bond donors (Lipinski definition) is 1. The highest BCUT2D eigenvalue weighted by Gasteiger charge is 2.19. The number of H-pyrrole nitrogens is 1. The van der Waals surface area contributed by atoms with Gasteiger partial charge >= 0.3 is 5.69 Å². The van der Waals surface area contributed by atoms with E-state index in [4.69, 9.17) is 0 Å². The van der Waals surface area contributed by atoms with Crippen LogP contribution in [-0.2, 0) is 13.6 Å². The standard InChI is InChI=1S/C13H16N6O2/c1-5-18-9-10(17(4)13(21)15-11(9)20)14-12(18)19-8(3)6-7(2)16-19/h6H,5H2,1-4H3,(H,15,20,21). The Labute approximate surface area is 119 Å². The van der Waals surface area contributed by atoms with Crippen molar-refractivity contribution in [2.24, 2.45) is 7.05 Å². The quantitative estimate of drug-likeness (QED) is 0.731. The average Bonchev–Trinajstić information content (AvgIpc) is 2.96. The first kappa shape index (κ1) is 13.3. The van der Waals surface area contributed by atoms with Gasteiger partial charge in [-0.25, -0.2) is 9.48 Å². The molecule has 3 aromatic rings. The topological polar surface area (TPSA) is 90.5 Å². The van der Waals surface area contributed by atoms with E-state index in [2.05, 4.69) is 15.1 Å². The predicted octanol–water partition coefficient (Wildman–Crippen LogP) is 0.246. The molecule has 8 nitrogen and oxygen atoms in total. The fourth-order valence-corrected chi connectivity index (χ4v) is 2.52. The van der Waals surface area contributed by atoms with Gasteiger partial charge in [0.05, 0.1) is 5.69 Å². The summed E-state index contributed by atoms with van der Waals surface area (Å²) in [5, 5.41) is 4.40. The van der Waals surface area contributed by atoms with Crippen molar-refractivity contribution in [1.29, 1.82) is 0 Å². The highest BCUT2D eigenvalue weighted by Crippen LogP contribution is 2.16. The smallest absolute Gasteiger partial charge is 0.303 e. The van der Waals surface area contributed by atoms with Crippen molar-refractivity contribution < 1.29 is 0 Å². The highest BCUT2D eigenvalue weighted by molar-refractivity contribution is 5.72. The lowest BCUT2D eigenvalue weighted by Crippen LogP contribution is -2.29. The summed E-state index contributed by atoms with van der Waals surface area (Å²) in [6.07, 6.45) is 0. The van der Waals surface area contributed by atoms with E-state index in [0.717, 1.165) is 11.4 Å². The molecule has 0 aliphatic heterocycles. The molecule has 0 aliphatic rings. The largest absolute Gasteiger partial charge is 0.329 e. The first-order valence-electron chi connectivity index (χ1n) is 6.67. The zero-order valence-corrected chi connectivity index (χ0v) is 12.3. The van der Waals surface area contributed by atoms with Gasteiger partial charge in [-0.3, -0.25) is 14.3 Å². The molecular formula is C13H16N6O2. The molecule has 3 rings (SSSR count). The molecule has 0 spiro atoms. The lowest BCUT2D eigenvalue weighted by Gasteiger charge is -2.06. The third-order valence-corrected chi connectivity index (χ3v) is 3.50. The second-order valence-electron chi connectivity index (χ2n) is 4.99. The number of hydrogen-bond acceptors (Lipinski definition) is 4. The van der Waals surface area contributed by atoms with Gasteiger partial charge in [0.25, 0.3) is 5.56 Å². The number of nitrogens with one attached hydrogen (secondary N) is 1. The second-order valence-corrected chi connectivity index (χ2v) is 4.99. The van der Waals surface area contributed by atoms with Crippen LogP contribution in [0.2, 0.25) is 0 Å². The molecule has 0 atom stereocenters. The molecule has 21 heavy (non-hydrogen) atoms. The van der Waals surface area contributed by atoms with Crippen molar-refractivity contribution in [3.8, 4) is 5.95 Å². The number of rotatable bonds is 2. The van der Waals surface area contributed by atoms with E-state index in [1.54, 1.807) is 16.3 Å². The minimum atomic E-state index is -0.479. The van der Waals surface area contributed by atoms with Crippen molar-refractivity contribution in [2.75, 3.05) is 0 Å². The van der Waals surface area contributed by atoms with Crippen molar-refractivity contribution in [2.45, 2.75) is 27.3 Å². The van der Waals surface area contributed by atoms with Crippen LogP contribution in [-0.4, -0.2) is 28.9 Å². The molecule has 0 fully saturated rings. The molecule has 3 aromatic heterocycles. The fraction of sp³-hybridized carbons (Fsp3) is 0.385. The number of imidazole rings is 1. The van der Waals surface area contributed by atoms with Crippen LogP contribution in [0.5, 0.6) is 0 Å². The molecule has 0 radical (unpaired) electrons. The van der Waals surface area contributed by atoms with Gasteiger partial charge in [0.2, 0.25) is 5.95 Å². The summed E-state index contributed by atoms with van der Waals surface area (Å²) >= 11 is 0. The van der Waals surface area contributed by atoms with Gasteiger partial charge in [-0.2, -0.15) is 10.1 Å². The van der Waals surface area contributed by atoms with Gasteiger partial charge in [-0.1, -0.05) is 0 Å². The Morgan fingerprint density at radius 3 is 2.57 bits per heavy atom. The third-order valence-electron chi connectivity index (χ3n) is 3.50. The lowest BCUT2D eigenvalue weighted by atomic mass is 10.4. The number of nitrogens with zero attached hydrogens (tertiary/aromatic N) is 5. The van der Waals surface area contributed by atoms with Crippen LogP contribution >= 0.6 is 0 Å². The number of aromatic amines is 1. The van der Waals surface area contributed by atoms with Crippen molar-refractivity contribution >= 4 is 11.2 Å². The van der Waals surface area contributed by atoms with E-state index >= 15 is 0 Å². The van der Waals surface area contributed by atoms with E-state index in [0.29, 0.717) is 23.7 Å². The Hall–Kier alpha value is -2.64. The summed E-state index contributed by atoms with van der Waals surface area (Å²) in [5.74, 6) is 0.532. The van der Waals surface area contributed by atoms with Gasteiger partial charge in [0.15, 0.2) is 11.2 Å². The Bertz CT molecular complexity index is 956. The zero-order chi connectivity index (χ0) is 15.3. The Balaban J connectivity index is 2.48. The minimum Gasteiger partial charge on any atom is -0.303 e. The SMILES string of the molecule is CCn1c(-n2nc(C)cc2C)nc2c1c(=O)[nH]c(=O)n2C. The van der Waals surface area contributed by atoms with Crippen LogP contribution < -0.4 is 11.2 Å². The maximum absolute atomic E-state index is 12.1. The molecule has 0 aliphatic carbocycles. The van der Waals surface area contributed by atoms with Crippen LogP contribution in [0.1, 0.15) is 18.3 Å². The Kier molecular flexibility index (Phi) is 2.82. The van der Waals surface area contributed by atoms with Crippen LogP contribution in [0.4, 0.5) is 0 Å². The molecule has 0 saturated carbocycles. The summed E-state index contributed by atoms with van der Waals surface area (Å²) in [6, 6.07) is 1.93. The number of fused-ring (bicyclic) bond motifs is 1. The van der Waals surface area contributed by atoms with Crippen LogP contribution in [0, 0.1) is 13.8 Å². The van der Waals surface area contributed by atoms with Gasteiger partial charge in [0.1, 0.15) is 0 Å². The monoisotopic (exact) mass is 288 g/mol. The summed E-state index contributed by atoms with van der Waals surface area (Å²) in [4.78, 5) is 30.6. The fourth-order valence-electron chi connectivity index (χ4n) is 2.52. The lowest BCUT2D eigenvalue weighted by molar-refractivity contribution is 0.685. The Morgan fingerprint density at radius 1 is 1.29 bits per heavy atom. The first-order chi connectivity index (χ1) is 9.93. The molecule has 0 amide bonds. The van der Waals surface area contributed by atoms with E-state index in [1.807, 2.05) is 26.8 Å². The first-order valence-corrected chi connectivity index (χ1v) is 6.67. The van der Waals surface area contributed by atoms with E-state index < -0.39 is 11.2 Å². The molecule has 0 bridgehead atoms. The predicted molar refractivity (Wildman–Crippen MR) is 77.9 cm³/mol.